The molecule has 4 heteroatoms. The molecule has 0 bridgehead atoms. The number of rotatable bonds is 2. The van der Waals surface area contributed by atoms with Crippen molar-refractivity contribution >= 4 is 18.2 Å². The first-order valence-corrected chi connectivity index (χ1v) is 6.19. The molecule has 96 valence electrons. The third-order valence-corrected chi connectivity index (χ3v) is 3.78. The summed E-state index contributed by atoms with van der Waals surface area (Å²) in [6.45, 7) is 14.1. The van der Waals surface area contributed by atoms with E-state index < -0.39 is 0 Å². The van der Waals surface area contributed by atoms with Crippen molar-refractivity contribution in [3.05, 3.63) is 30.6 Å². The number of aromatic nitrogens is 1. The number of hydrogen-bond donors (Lipinski definition) is 0. The van der Waals surface area contributed by atoms with Crippen molar-refractivity contribution in [2.24, 2.45) is 0 Å². The highest BCUT2D eigenvalue weighted by Crippen LogP contribution is 2.36. The molecule has 0 N–H and O–H groups in total. The molecule has 0 radical (unpaired) electrons. The number of allylic oxidation sites excluding steroid dienone is 1. The highest BCUT2D eigenvalue weighted by molar-refractivity contribution is 6.62. The van der Waals surface area contributed by atoms with E-state index in [0.29, 0.717) is 0 Å². The van der Waals surface area contributed by atoms with Gasteiger partial charge in [-0.25, -0.2) is 0 Å². The Balaban J connectivity index is 2.30. The molecule has 2 heterocycles. The van der Waals surface area contributed by atoms with E-state index in [2.05, 4.69) is 11.6 Å². The van der Waals surface area contributed by atoms with Gasteiger partial charge in [-0.05, 0) is 45.8 Å². The van der Waals surface area contributed by atoms with Crippen molar-refractivity contribution in [3.8, 4) is 0 Å². The predicted octanol–water partition coefficient (Wildman–Crippen LogP) is 2.41. The van der Waals surface area contributed by atoms with Gasteiger partial charge < -0.3 is 9.31 Å². The van der Waals surface area contributed by atoms with E-state index in [4.69, 9.17) is 9.31 Å². The van der Waals surface area contributed by atoms with Crippen LogP contribution in [0.1, 0.15) is 40.2 Å². The molecule has 18 heavy (non-hydrogen) atoms. The molecule has 2 rings (SSSR count). The van der Waals surface area contributed by atoms with Gasteiger partial charge in [0.2, 0.25) is 0 Å². The molecule has 1 saturated heterocycles. The van der Waals surface area contributed by atoms with Gasteiger partial charge in [-0.1, -0.05) is 12.6 Å². The summed E-state index contributed by atoms with van der Waals surface area (Å²) in [6, 6.07) is 2.03. The molecule has 3 nitrogen and oxygen atoms in total. The normalized spacial score (nSPS) is 21.1. The molecule has 1 aromatic heterocycles. The first kappa shape index (κ1) is 13.3. The van der Waals surface area contributed by atoms with E-state index in [1.54, 1.807) is 12.4 Å². The van der Waals surface area contributed by atoms with Gasteiger partial charge in [-0.2, -0.15) is 0 Å². The van der Waals surface area contributed by atoms with Crippen LogP contribution in [-0.2, 0) is 9.31 Å². The van der Waals surface area contributed by atoms with Crippen LogP contribution >= 0.6 is 0 Å². The standard InChI is InChI=1S/C14H20BNO2/c1-10(2)11-7-12(9-16-8-11)15-17-13(3,4)14(5,6)18-15/h7-9H,1H2,2-6H3. The Bertz CT molecular complexity index is 466. The predicted molar refractivity (Wildman–Crippen MR) is 74.7 cm³/mol. The fraction of sp³-hybridized carbons (Fsp3) is 0.500. The summed E-state index contributed by atoms with van der Waals surface area (Å²) < 4.78 is 12.0. The zero-order valence-corrected chi connectivity index (χ0v) is 11.8. The van der Waals surface area contributed by atoms with Gasteiger partial charge in [0.25, 0.3) is 0 Å². The minimum Gasteiger partial charge on any atom is -0.399 e. The first-order valence-electron chi connectivity index (χ1n) is 6.19. The summed E-state index contributed by atoms with van der Waals surface area (Å²) in [4.78, 5) is 4.23. The van der Waals surface area contributed by atoms with Gasteiger partial charge in [0, 0.05) is 17.9 Å². The van der Waals surface area contributed by atoms with Crippen molar-refractivity contribution in [1.82, 2.24) is 4.98 Å². The molecule has 1 aliphatic rings. The molecule has 1 aromatic rings. The van der Waals surface area contributed by atoms with E-state index in [1.165, 1.54) is 0 Å². The second-order valence-electron chi connectivity index (χ2n) is 5.88. The molecule has 0 amide bonds. The zero-order chi connectivity index (χ0) is 13.6. The van der Waals surface area contributed by atoms with Crippen molar-refractivity contribution in [2.45, 2.75) is 45.8 Å². The lowest BCUT2D eigenvalue weighted by Gasteiger charge is -2.32. The van der Waals surface area contributed by atoms with Gasteiger partial charge in [-0.15, -0.1) is 0 Å². The quantitative estimate of drug-likeness (QED) is 0.750. The van der Waals surface area contributed by atoms with Crippen LogP contribution in [0.5, 0.6) is 0 Å². The Hall–Kier alpha value is -1.13. The summed E-state index contributed by atoms with van der Waals surface area (Å²) in [7, 11) is -0.359. The van der Waals surface area contributed by atoms with Gasteiger partial charge in [0.15, 0.2) is 0 Å². The van der Waals surface area contributed by atoms with Crippen LogP contribution in [0, 0.1) is 0 Å². The van der Waals surface area contributed by atoms with E-state index >= 15 is 0 Å². The van der Waals surface area contributed by atoms with E-state index in [9.17, 15) is 0 Å². The second-order valence-corrected chi connectivity index (χ2v) is 5.88. The molecule has 0 spiro atoms. The number of pyridine rings is 1. The zero-order valence-electron chi connectivity index (χ0n) is 11.8. The maximum absolute atomic E-state index is 5.99. The van der Waals surface area contributed by atoms with Gasteiger partial charge in [-0.3, -0.25) is 4.98 Å². The van der Waals surface area contributed by atoms with Gasteiger partial charge >= 0.3 is 7.12 Å². The Morgan fingerprint density at radius 1 is 1.17 bits per heavy atom. The third kappa shape index (κ3) is 2.23. The SMILES string of the molecule is C=C(C)c1cncc(B2OC(C)(C)C(C)(C)O2)c1. The third-order valence-electron chi connectivity index (χ3n) is 3.78. The molecule has 1 aliphatic heterocycles. The highest BCUT2D eigenvalue weighted by Gasteiger charge is 2.51. The Labute approximate surface area is 109 Å². The molecule has 0 atom stereocenters. The lowest BCUT2D eigenvalue weighted by atomic mass is 9.79. The van der Waals surface area contributed by atoms with E-state index in [1.807, 2.05) is 40.7 Å². The van der Waals surface area contributed by atoms with Crippen molar-refractivity contribution < 1.29 is 9.31 Å². The monoisotopic (exact) mass is 245 g/mol. The lowest BCUT2D eigenvalue weighted by Crippen LogP contribution is -2.41. The fourth-order valence-corrected chi connectivity index (χ4v) is 1.80. The summed E-state index contributed by atoms with van der Waals surface area (Å²) in [5.41, 5.74) is 2.30. The van der Waals surface area contributed by atoms with Gasteiger partial charge in [0.05, 0.1) is 11.2 Å². The van der Waals surface area contributed by atoms with E-state index in [0.717, 1.165) is 16.6 Å². The molecule has 0 unspecified atom stereocenters. The van der Waals surface area contributed by atoms with Crippen LogP contribution < -0.4 is 5.46 Å². The minimum atomic E-state index is -0.359. The fourth-order valence-electron chi connectivity index (χ4n) is 1.80. The van der Waals surface area contributed by atoms with Crippen LogP contribution in [0.15, 0.2) is 25.0 Å². The maximum Gasteiger partial charge on any atom is 0.496 e. The topological polar surface area (TPSA) is 31.4 Å². The molecule has 1 fully saturated rings. The van der Waals surface area contributed by atoms with Crippen LogP contribution in [0.3, 0.4) is 0 Å². The average molecular weight is 245 g/mol. The van der Waals surface area contributed by atoms with Crippen molar-refractivity contribution in [2.75, 3.05) is 0 Å². The molecule has 0 aliphatic carbocycles. The molecule has 0 aromatic carbocycles. The number of hydrogen-bond acceptors (Lipinski definition) is 3. The smallest absolute Gasteiger partial charge is 0.399 e. The highest BCUT2D eigenvalue weighted by atomic mass is 16.7. The summed E-state index contributed by atoms with van der Waals surface area (Å²) in [5.74, 6) is 0. The van der Waals surface area contributed by atoms with Crippen LogP contribution in [0.4, 0.5) is 0 Å². The number of nitrogens with zero attached hydrogens (tertiary/aromatic N) is 1. The Kier molecular flexibility index (Phi) is 3.12. The Morgan fingerprint density at radius 2 is 1.72 bits per heavy atom. The first-order chi connectivity index (χ1) is 8.23. The second kappa shape index (κ2) is 4.21. The maximum atomic E-state index is 5.99. The summed E-state index contributed by atoms with van der Waals surface area (Å²) >= 11 is 0. The largest absolute Gasteiger partial charge is 0.496 e. The summed E-state index contributed by atoms with van der Waals surface area (Å²) in [5, 5.41) is 0. The average Bonchev–Trinajstić information content (AvgIpc) is 2.48. The Morgan fingerprint density at radius 3 is 2.22 bits per heavy atom. The molecule has 0 saturated carbocycles. The van der Waals surface area contributed by atoms with Crippen molar-refractivity contribution in [3.63, 3.8) is 0 Å². The van der Waals surface area contributed by atoms with E-state index in [-0.39, 0.29) is 18.3 Å². The van der Waals surface area contributed by atoms with Crippen LogP contribution in [0.25, 0.3) is 5.57 Å². The molecular formula is C14H20BNO2. The lowest BCUT2D eigenvalue weighted by molar-refractivity contribution is 0.00578. The molecular weight excluding hydrogens is 225 g/mol. The van der Waals surface area contributed by atoms with Crippen LogP contribution in [0.2, 0.25) is 0 Å². The van der Waals surface area contributed by atoms with Gasteiger partial charge in [0.1, 0.15) is 0 Å². The van der Waals surface area contributed by atoms with Crippen molar-refractivity contribution in [1.29, 1.82) is 0 Å². The van der Waals surface area contributed by atoms with Crippen LogP contribution in [-0.4, -0.2) is 23.3 Å². The summed E-state index contributed by atoms with van der Waals surface area (Å²) in [6.07, 6.45) is 3.59. The minimum absolute atomic E-state index is 0.323.